The lowest BCUT2D eigenvalue weighted by Gasteiger charge is -2.08. The van der Waals surface area contributed by atoms with Crippen molar-refractivity contribution < 1.29 is 0 Å². The van der Waals surface area contributed by atoms with Gasteiger partial charge in [-0.15, -0.1) is 11.3 Å². The summed E-state index contributed by atoms with van der Waals surface area (Å²) in [7, 11) is 0. The number of benzene rings is 1. The fourth-order valence-electron chi connectivity index (χ4n) is 2.26. The summed E-state index contributed by atoms with van der Waals surface area (Å²) in [5.41, 5.74) is 2.80. The Balaban J connectivity index is 2.06. The molecule has 0 aliphatic carbocycles. The largest absolute Gasteiger partial charge is 0.332 e. The van der Waals surface area contributed by atoms with Gasteiger partial charge >= 0.3 is 0 Å². The molecule has 3 aromatic rings. The number of hydrogen-bond acceptors (Lipinski definition) is 1. The van der Waals surface area contributed by atoms with Gasteiger partial charge in [-0.3, -0.25) is 0 Å². The Hall–Kier alpha value is -1.54. The van der Waals surface area contributed by atoms with Crippen LogP contribution in [0.15, 0.2) is 47.8 Å². The van der Waals surface area contributed by atoms with Crippen LogP contribution in [0.25, 0.3) is 10.2 Å². The third kappa shape index (κ3) is 1.89. The first-order chi connectivity index (χ1) is 8.38. The number of hydrogen-bond donors (Lipinski definition) is 0. The lowest BCUT2D eigenvalue weighted by Crippen LogP contribution is -2.02. The zero-order valence-corrected chi connectivity index (χ0v) is 10.7. The topological polar surface area (TPSA) is 4.93 Å². The fraction of sp³-hybridized carbons (Fsp3) is 0.200. The number of aromatic nitrogens is 1. The minimum absolute atomic E-state index is 0.980. The van der Waals surface area contributed by atoms with Gasteiger partial charge in [-0.05, 0) is 29.5 Å². The van der Waals surface area contributed by atoms with Crippen molar-refractivity contribution in [2.24, 2.45) is 0 Å². The van der Waals surface area contributed by atoms with Gasteiger partial charge < -0.3 is 4.57 Å². The average molecular weight is 241 g/mol. The van der Waals surface area contributed by atoms with E-state index in [4.69, 9.17) is 0 Å². The highest BCUT2D eigenvalue weighted by molar-refractivity contribution is 7.16. The molecule has 0 radical (unpaired) electrons. The van der Waals surface area contributed by atoms with E-state index in [9.17, 15) is 0 Å². The van der Waals surface area contributed by atoms with Crippen molar-refractivity contribution in [3.05, 3.63) is 59.1 Å². The molecular formula is C15H15NS. The van der Waals surface area contributed by atoms with E-state index in [0.29, 0.717) is 0 Å². The molecule has 0 bridgehead atoms. The molecule has 0 saturated carbocycles. The second-order valence-corrected chi connectivity index (χ2v) is 5.14. The van der Waals surface area contributed by atoms with E-state index < -0.39 is 0 Å². The predicted molar refractivity (Wildman–Crippen MR) is 74.7 cm³/mol. The molecule has 0 spiro atoms. The van der Waals surface area contributed by atoms with E-state index in [1.807, 2.05) is 11.3 Å². The average Bonchev–Trinajstić information content (AvgIpc) is 2.93. The normalized spacial score (nSPS) is 11.1. The number of aryl methyl sites for hydroxylation is 1. The molecule has 0 fully saturated rings. The van der Waals surface area contributed by atoms with Crippen molar-refractivity contribution in [1.29, 1.82) is 0 Å². The van der Waals surface area contributed by atoms with Gasteiger partial charge in [-0.25, -0.2) is 0 Å². The zero-order valence-electron chi connectivity index (χ0n) is 9.89. The van der Waals surface area contributed by atoms with Crippen LogP contribution in [0.1, 0.15) is 18.2 Å². The van der Waals surface area contributed by atoms with Crippen LogP contribution < -0.4 is 0 Å². The molecule has 1 nitrogen and oxygen atoms in total. The monoisotopic (exact) mass is 241 g/mol. The smallest absolute Gasteiger partial charge is 0.103 e. The van der Waals surface area contributed by atoms with Crippen molar-refractivity contribution in [3.63, 3.8) is 0 Å². The molecule has 2 heteroatoms. The summed E-state index contributed by atoms with van der Waals surface area (Å²) < 4.78 is 2.44. The van der Waals surface area contributed by atoms with Crippen molar-refractivity contribution in [3.8, 4) is 0 Å². The van der Waals surface area contributed by atoms with Crippen LogP contribution in [-0.4, -0.2) is 4.57 Å². The Kier molecular flexibility index (Phi) is 2.73. The quantitative estimate of drug-likeness (QED) is 0.644. The van der Waals surface area contributed by atoms with Gasteiger partial charge in [-0.2, -0.15) is 0 Å². The zero-order chi connectivity index (χ0) is 11.7. The van der Waals surface area contributed by atoms with Crippen LogP contribution in [0.3, 0.4) is 0 Å². The second kappa shape index (κ2) is 4.38. The highest BCUT2D eigenvalue weighted by Gasteiger charge is 2.08. The molecule has 2 heterocycles. The van der Waals surface area contributed by atoms with Gasteiger partial charge in [0, 0.05) is 17.6 Å². The number of fused-ring (bicyclic) bond motifs is 1. The van der Waals surface area contributed by atoms with Crippen LogP contribution in [-0.2, 0) is 13.0 Å². The van der Waals surface area contributed by atoms with Gasteiger partial charge in [0.15, 0.2) is 0 Å². The van der Waals surface area contributed by atoms with Crippen molar-refractivity contribution in [2.45, 2.75) is 19.9 Å². The SMILES string of the molecule is CCc1cc2ccsc2n1Cc1ccccc1. The first-order valence-electron chi connectivity index (χ1n) is 5.98. The summed E-state index contributed by atoms with van der Waals surface area (Å²) in [5.74, 6) is 0. The molecule has 0 aliphatic heterocycles. The summed E-state index contributed by atoms with van der Waals surface area (Å²) in [6.07, 6.45) is 1.09. The third-order valence-electron chi connectivity index (χ3n) is 3.13. The van der Waals surface area contributed by atoms with E-state index in [1.165, 1.54) is 21.5 Å². The second-order valence-electron chi connectivity index (χ2n) is 4.24. The molecule has 0 unspecified atom stereocenters. The van der Waals surface area contributed by atoms with Gasteiger partial charge in [0.05, 0.1) is 0 Å². The summed E-state index contributed by atoms with van der Waals surface area (Å²) in [5, 5.41) is 3.55. The molecular weight excluding hydrogens is 226 g/mol. The van der Waals surface area contributed by atoms with Crippen molar-refractivity contribution >= 4 is 21.6 Å². The Labute approximate surface area is 105 Å². The van der Waals surface area contributed by atoms with E-state index in [1.54, 1.807) is 0 Å². The Morgan fingerprint density at radius 2 is 1.94 bits per heavy atom. The maximum Gasteiger partial charge on any atom is 0.103 e. The summed E-state index contributed by atoms with van der Waals surface area (Å²) in [6, 6.07) is 15.2. The lowest BCUT2D eigenvalue weighted by molar-refractivity contribution is 0.781. The molecule has 3 rings (SSSR count). The Morgan fingerprint density at radius 3 is 2.71 bits per heavy atom. The highest BCUT2D eigenvalue weighted by Crippen LogP contribution is 2.26. The van der Waals surface area contributed by atoms with E-state index in [-0.39, 0.29) is 0 Å². The summed E-state index contributed by atoms with van der Waals surface area (Å²) in [4.78, 5) is 1.39. The minimum atomic E-state index is 0.980. The van der Waals surface area contributed by atoms with Gasteiger partial charge in [0.2, 0.25) is 0 Å². The molecule has 0 saturated heterocycles. The molecule has 0 amide bonds. The van der Waals surface area contributed by atoms with Crippen molar-refractivity contribution in [1.82, 2.24) is 4.57 Å². The van der Waals surface area contributed by atoms with Crippen LogP contribution in [0.4, 0.5) is 0 Å². The van der Waals surface area contributed by atoms with Gasteiger partial charge in [0.1, 0.15) is 4.83 Å². The summed E-state index contributed by atoms with van der Waals surface area (Å²) >= 11 is 1.83. The first kappa shape index (κ1) is 10.6. The van der Waals surface area contributed by atoms with E-state index >= 15 is 0 Å². The maximum atomic E-state index is 2.44. The fourth-order valence-corrected chi connectivity index (χ4v) is 3.18. The lowest BCUT2D eigenvalue weighted by atomic mass is 10.2. The number of thiophene rings is 1. The Bertz CT molecular complexity index is 619. The molecule has 2 aromatic heterocycles. The van der Waals surface area contributed by atoms with Crippen molar-refractivity contribution in [2.75, 3.05) is 0 Å². The minimum Gasteiger partial charge on any atom is -0.332 e. The van der Waals surface area contributed by atoms with Crippen LogP contribution in [0, 0.1) is 0 Å². The standard InChI is InChI=1S/C15H15NS/c1-2-14-10-13-8-9-17-15(13)16(14)11-12-6-4-3-5-7-12/h3-10H,2,11H2,1H3. The predicted octanol–water partition coefficient (Wildman–Crippen LogP) is 4.31. The summed E-state index contributed by atoms with van der Waals surface area (Å²) in [6.45, 7) is 3.20. The van der Waals surface area contributed by atoms with Gasteiger partial charge in [0.25, 0.3) is 0 Å². The van der Waals surface area contributed by atoms with Crippen LogP contribution in [0.2, 0.25) is 0 Å². The molecule has 0 atom stereocenters. The molecule has 17 heavy (non-hydrogen) atoms. The molecule has 0 aliphatic rings. The third-order valence-corrected chi connectivity index (χ3v) is 4.09. The number of rotatable bonds is 3. The number of nitrogens with zero attached hydrogens (tertiary/aromatic N) is 1. The highest BCUT2D eigenvalue weighted by atomic mass is 32.1. The van der Waals surface area contributed by atoms with E-state index in [2.05, 4.69) is 59.3 Å². The molecule has 1 aromatic carbocycles. The van der Waals surface area contributed by atoms with Gasteiger partial charge in [-0.1, -0.05) is 37.3 Å². The molecule has 86 valence electrons. The Morgan fingerprint density at radius 1 is 1.12 bits per heavy atom. The van der Waals surface area contributed by atoms with Crippen LogP contribution >= 0.6 is 11.3 Å². The van der Waals surface area contributed by atoms with Crippen LogP contribution in [0.5, 0.6) is 0 Å². The first-order valence-corrected chi connectivity index (χ1v) is 6.86. The van der Waals surface area contributed by atoms with E-state index in [0.717, 1.165) is 13.0 Å². The maximum absolute atomic E-state index is 2.44. The molecule has 0 N–H and O–H groups in total.